The summed E-state index contributed by atoms with van der Waals surface area (Å²) in [6.07, 6.45) is 0. The molecule has 26 heavy (non-hydrogen) atoms. The van der Waals surface area contributed by atoms with Gasteiger partial charge in [-0.1, -0.05) is 18.2 Å². The fourth-order valence-corrected chi connectivity index (χ4v) is 2.27. The molecule has 0 heterocycles. The molecule has 138 valence electrons. The van der Waals surface area contributed by atoms with Gasteiger partial charge in [-0.15, -0.1) is 0 Å². The first kappa shape index (κ1) is 19.5. The number of aliphatic carboxylic acids is 1. The average molecular weight is 357 g/mol. The molecule has 6 nitrogen and oxygen atoms in total. The zero-order chi connectivity index (χ0) is 19.2. The highest BCUT2D eigenvalue weighted by Gasteiger charge is 2.29. The topological polar surface area (TPSA) is 84.9 Å². The summed E-state index contributed by atoms with van der Waals surface area (Å²) in [6, 6.07) is 13.7. The quantitative estimate of drug-likeness (QED) is 0.708. The van der Waals surface area contributed by atoms with Crippen LogP contribution in [0.4, 0.5) is 5.69 Å². The van der Waals surface area contributed by atoms with Gasteiger partial charge >= 0.3 is 5.97 Å². The monoisotopic (exact) mass is 357 g/mol. The molecular formula is C20H23NO5. The number of methoxy groups -OCH3 is 1. The van der Waals surface area contributed by atoms with E-state index in [1.54, 1.807) is 69.5 Å². The van der Waals surface area contributed by atoms with Gasteiger partial charge in [-0.2, -0.15) is 0 Å². The second-order valence-corrected chi connectivity index (χ2v) is 6.33. The van der Waals surface area contributed by atoms with Gasteiger partial charge in [-0.25, -0.2) is 0 Å². The van der Waals surface area contributed by atoms with Crippen molar-refractivity contribution in [2.45, 2.75) is 19.3 Å². The van der Waals surface area contributed by atoms with E-state index in [0.717, 1.165) is 0 Å². The van der Waals surface area contributed by atoms with Gasteiger partial charge in [-0.05, 0) is 49.7 Å². The van der Waals surface area contributed by atoms with Gasteiger partial charge in [0.25, 0.3) is 5.91 Å². The zero-order valence-corrected chi connectivity index (χ0v) is 15.1. The van der Waals surface area contributed by atoms with Crippen LogP contribution >= 0.6 is 0 Å². The number of carbonyl (C=O) groups excluding carboxylic acids is 1. The van der Waals surface area contributed by atoms with Gasteiger partial charge in [0, 0.05) is 18.4 Å². The van der Waals surface area contributed by atoms with Crippen LogP contribution in [0.1, 0.15) is 29.8 Å². The van der Waals surface area contributed by atoms with Crippen LogP contribution in [0, 0.1) is 0 Å². The summed E-state index contributed by atoms with van der Waals surface area (Å²) in [6.45, 7) is 4.15. The molecule has 0 aliphatic heterocycles. The molecule has 0 saturated carbocycles. The minimum atomic E-state index is -0.990. The molecule has 0 unspecified atom stereocenters. The van der Waals surface area contributed by atoms with E-state index >= 15 is 0 Å². The minimum Gasteiger partial charge on any atom is -0.491 e. The third-order valence-corrected chi connectivity index (χ3v) is 4.05. The standard InChI is InChI=1S/C20H23NO5/c1-20(2,19(23)24)15-7-9-16(10-8-15)21-18(22)14-5-4-6-17(13-14)26-12-11-25-3/h4-10,13H,11-12H2,1-3H3,(H,21,22)(H,23,24). The Labute approximate surface area is 152 Å². The Morgan fingerprint density at radius 2 is 1.77 bits per heavy atom. The molecule has 2 aromatic carbocycles. The van der Waals surface area contributed by atoms with Crippen molar-refractivity contribution in [1.29, 1.82) is 0 Å². The normalized spacial score (nSPS) is 11.0. The molecule has 2 aromatic rings. The van der Waals surface area contributed by atoms with Gasteiger partial charge in [0.15, 0.2) is 0 Å². The first-order valence-corrected chi connectivity index (χ1v) is 8.21. The van der Waals surface area contributed by atoms with E-state index in [0.29, 0.717) is 35.8 Å². The van der Waals surface area contributed by atoms with E-state index in [9.17, 15) is 14.7 Å². The van der Waals surface area contributed by atoms with Crippen molar-refractivity contribution in [3.8, 4) is 5.75 Å². The number of nitrogens with one attached hydrogen (secondary N) is 1. The van der Waals surface area contributed by atoms with Gasteiger partial charge in [0.1, 0.15) is 12.4 Å². The molecule has 0 radical (unpaired) electrons. The van der Waals surface area contributed by atoms with Crippen LogP contribution in [-0.4, -0.2) is 37.3 Å². The Balaban J connectivity index is 2.06. The summed E-state index contributed by atoms with van der Waals surface area (Å²) in [5, 5.41) is 12.1. The second kappa shape index (κ2) is 8.49. The van der Waals surface area contributed by atoms with Gasteiger partial charge in [0.05, 0.1) is 12.0 Å². The lowest BCUT2D eigenvalue weighted by molar-refractivity contribution is -0.142. The van der Waals surface area contributed by atoms with Crippen molar-refractivity contribution in [3.05, 3.63) is 59.7 Å². The summed E-state index contributed by atoms with van der Waals surface area (Å²) in [5.74, 6) is -0.583. The smallest absolute Gasteiger partial charge is 0.313 e. The second-order valence-electron chi connectivity index (χ2n) is 6.33. The minimum absolute atomic E-state index is 0.271. The third-order valence-electron chi connectivity index (χ3n) is 4.05. The molecule has 0 saturated heterocycles. The number of hydrogen-bond acceptors (Lipinski definition) is 4. The predicted octanol–water partition coefficient (Wildman–Crippen LogP) is 3.33. The van der Waals surface area contributed by atoms with Crippen LogP contribution in [-0.2, 0) is 14.9 Å². The Kier molecular flexibility index (Phi) is 6.36. The van der Waals surface area contributed by atoms with E-state index in [-0.39, 0.29) is 5.91 Å². The third kappa shape index (κ3) is 4.83. The van der Waals surface area contributed by atoms with Gasteiger partial charge in [-0.3, -0.25) is 9.59 Å². The zero-order valence-electron chi connectivity index (χ0n) is 15.1. The Morgan fingerprint density at radius 1 is 1.08 bits per heavy atom. The highest BCUT2D eigenvalue weighted by Crippen LogP contribution is 2.25. The fourth-order valence-electron chi connectivity index (χ4n) is 2.27. The molecule has 2 rings (SSSR count). The first-order chi connectivity index (χ1) is 12.3. The van der Waals surface area contributed by atoms with Gasteiger partial charge in [0.2, 0.25) is 0 Å². The van der Waals surface area contributed by atoms with Crippen LogP contribution in [0.5, 0.6) is 5.75 Å². The predicted molar refractivity (Wildman–Crippen MR) is 98.9 cm³/mol. The number of amides is 1. The van der Waals surface area contributed by atoms with Crippen LogP contribution < -0.4 is 10.1 Å². The number of rotatable bonds is 8. The first-order valence-electron chi connectivity index (χ1n) is 8.21. The van der Waals surface area contributed by atoms with Crippen molar-refractivity contribution >= 4 is 17.6 Å². The maximum Gasteiger partial charge on any atom is 0.313 e. The number of ether oxygens (including phenoxy) is 2. The lowest BCUT2D eigenvalue weighted by atomic mass is 9.85. The summed E-state index contributed by atoms with van der Waals surface area (Å²) >= 11 is 0. The Morgan fingerprint density at radius 3 is 2.38 bits per heavy atom. The molecule has 0 aliphatic carbocycles. The van der Waals surface area contributed by atoms with Crippen LogP contribution in [0.25, 0.3) is 0 Å². The molecule has 0 fully saturated rings. The molecular weight excluding hydrogens is 334 g/mol. The lowest BCUT2D eigenvalue weighted by Gasteiger charge is -2.19. The lowest BCUT2D eigenvalue weighted by Crippen LogP contribution is -2.28. The summed E-state index contributed by atoms with van der Waals surface area (Å²) < 4.78 is 10.4. The SMILES string of the molecule is COCCOc1cccc(C(=O)Nc2ccc(C(C)(C)C(=O)O)cc2)c1. The van der Waals surface area contributed by atoms with Crippen LogP contribution in [0.2, 0.25) is 0 Å². The summed E-state index contributed by atoms with van der Waals surface area (Å²) in [7, 11) is 1.59. The number of benzene rings is 2. The number of anilines is 1. The average Bonchev–Trinajstić information content (AvgIpc) is 2.62. The van der Waals surface area contributed by atoms with E-state index < -0.39 is 11.4 Å². The van der Waals surface area contributed by atoms with E-state index in [1.807, 2.05) is 0 Å². The number of carboxylic acid groups (broad SMARTS) is 1. The Hall–Kier alpha value is -2.86. The van der Waals surface area contributed by atoms with Crippen LogP contribution in [0.15, 0.2) is 48.5 Å². The molecule has 0 atom stereocenters. The highest BCUT2D eigenvalue weighted by molar-refractivity contribution is 6.04. The summed E-state index contributed by atoms with van der Waals surface area (Å²) in [4.78, 5) is 23.7. The van der Waals surface area contributed by atoms with Crippen molar-refractivity contribution in [1.82, 2.24) is 0 Å². The molecule has 0 spiro atoms. The van der Waals surface area contributed by atoms with E-state index in [1.165, 1.54) is 0 Å². The molecule has 1 amide bonds. The molecule has 6 heteroatoms. The highest BCUT2D eigenvalue weighted by atomic mass is 16.5. The molecule has 0 bridgehead atoms. The van der Waals surface area contributed by atoms with Crippen molar-refractivity contribution in [2.75, 3.05) is 25.6 Å². The van der Waals surface area contributed by atoms with E-state index in [4.69, 9.17) is 9.47 Å². The van der Waals surface area contributed by atoms with Crippen molar-refractivity contribution < 1.29 is 24.2 Å². The number of carboxylic acids is 1. The molecule has 0 aliphatic rings. The van der Waals surface area contributed by atoms with Crippen LogP contribution in [0.3, 0.4) is 0 Å². The number of carbonyl (C=O) groups is 2. The number of hydrogen-bond donors (Lipinski definition) is 2. The van der Waals surface area contributed by atoms with E-state index in [2.05, 4.69) is 5.32 Å². The largest absolute Gasteiger partial charge is 0.491 e. The van der Waals surface area contributed by atoms with Crippen molar-refractivity contribution in [3.63, 3.8) is 0 Å². The van der Waals surface area contributed by atoms with Crippen molar-refractivity contribution in [2.24, 2.45) is 0 Å². The maximum atomic E-state index is 12.4. The molecule has 0 aromatic heterocycles. The summed E-state index contributed by atoms with van der Waals surface area (Å²) in [5.41, 5.74) is 0.730. The fraction of sp³-hybridized carbons (Fsp3) is 0.300. The molecule has 2 N–H and O–H groups in total. The Bertz CT molecular complexity index is 768. The van der Waals surface area contributed by atoms with Gasteiger partial charge < -0.3 is 19.9 Å². The maximum absolute atomic E-state index is 12.4.